The molecule has 158 valence electrons. The molecule has 1 aromatic heterocycles. The summed E-state index contributed by atoms with van der Waals surface area (Å²) in [5.41, 5.74) is 5.53. The van der Waals surface area contributed by atoms with Crippen LogP contribution in [0.3, 0.4) is 0 Å². The summed E-state index contributed by atoms with van der Waals surface area (Å²) in [4.78, 5) is 15.2. The number of azo groups is 1. The standard InChI is InChI=1S/C24H19N5O3/c30-22(31)16-32-21-14-5-4-12-19(21)26-28-24(18-8-2-1-3-9-18)29-27-20-13-6-10-17-11-7-15-25-23(17)20/h1-15,26H,16H2,(H,30,31). The molecule has 0 atom stereocenters. The van der Waals surface area contributed by atoms with Crippen LogP contribution in [-0.4, -0.2) is 28.5 Å². The Hall–Kier alpha value is -4.59. The number of hydrogen-bond acceptors (Lipinski definition) is 6. The molecule has 0 radical (unpaired) electrons. The molecule has 32 heavy (non-hydrogen) atoms. The number of fused-ring (bicyclic) bond motifs is 1. The lowest BCUT2D eigenvalue weighted by molar-refractivity contribution is -0.139. The molecule has 0 spiro atoms. The maximum Gasteiger partial charge on any atom is 0.341 e. The number of carbonyl (C=O) groups is 1. The van der Waals surface area contributed by atoms with E-state index in [2.05, 4.69) is 25.7 Å². The van der Waals surface area contributed by atoms with Crippen LogP contribution in [0.4, 0.5) is 11.4 Å². The highest BCUT2D eigenvalue weighted by Crippen LogP contribution is 2.25. The SMILES string of the molecule is O=C(O)COc1ccccc1NN=C(N=Nc1cccc2cccnc12)c1ccccc1. The Bertz CT molecular complexity index is 1280. The summed E-state index contributed by atoms with van der Waals surface area (Å²) < 4.78 is 5.32. The number of nitrogens with one attached hydrogen (secondary N) is 1. The fraction of sp³-hybridized carbons (Fsp3) is 0.0417. The summed E-state index contributed by atoms with van der Waals surface area (Å²) in [6, 6.07) is 25.8. The van der Waals surface area contributed by atoms with Gasteiger partial charge in [0.1, 0.15) is 11.4 Å². The van der Waals surface area contributed by atoms with E-state index in [1.807, 2.05) is 60.7 Å². The molecule has 8 nitrogen and oxygen atoms in total. The smallest absolute Gasteiger partial charge is 0.341 e. The average Bonchev–Trinajstić information content (AvgIpc) is 2.84. The predicted molar refractivity (Wildman–Crippen MR) is 122 cm³/mol. The zero-order valence-corrected chi connectivity index (χ0v) is 16.9. The third-order valence-corrected chi connectivity index (χ3v) is 4.42. The summed E-state index contributed by atoms with van der Waals surface area (Å²) in [5.74, 6) is -0.362. The van der Waals surface area contributed by atoms with E-state index in [0.29, 0.717) is 23.0 Å². The maximum atomic E-state index is 10.8. The van der Waals surface area contributed by atoms with E-state index >= 15 is 0 Å². The molecule has 0 aliphatic heterocycles. The van der Waals surface area contributed by atoms with Crippen molar-refractivity contribution in [2.75, 3.05) is 12.0 Å². The van der Waals surface area contributed by atoms with Crippen LogP contribution < -0.4 is 10.2 Å². The molecule has 2 N–H and O–H groups in total. The van der Waals surface area contributed by atoms with Crippen LogP contribution in [-0.2, 0) is 4.79 Å². The van der Waals surface area contributed by atoms with Gasteiger partial charge in [-0.25, -0.2) is 4.79 Å². The molecular formula is C24H19N5O3. The van der Waals surface area contributed by atoms with Crippen LogP contribution in [0.1, 0.15) is 5.56 Å². The van der Waals surface area contributed by atoms with E-state index < -0.39 is 12.6 Å². The lowest BCUT2D eigenvalue weighted by Crippen LogP contribution is -2.10. The Morgan fingerprint density at radius 2 is 1.72 bits per heavy atom. The fourth-order valence-corrected chi connectivity index (χ4v) is 2.94. The van der Waals surface area contributed by atoms with Crippen molar-refractivity contribution in [3.05, 3.63) is 96.7 Å². The van der Waals surface area contributed by atoms with Gasteiger partial charge in [0.05, 0.1) is 11.2 Å². The number of aromatic nitrogens is 1. The van der Waals surface area contributed by atoms with Crippen molar-refractivity contribution in [1.29, 1.82) is 0 Å². The molecule has 0 bridgehead atoms. The van der Waals surface area contributed by atoms with Crippen LogP contribution in [0.2, 0.25) is 0 Å². The average molecular weight is 425 g/mol. The Labute approximate surface area is 183 Å². The van der Waals surface area contributed by atoms with Crippen molar-refractivity contribution >= 4 is 34.1 Å². The molecule has 0 aliphatic rings. The minimum atomic E-state index is -1.06. The quantitative estimate of drug-likeness (QED) is 0.182. The van der Waals surface area contributed by atoms with Crippen molar-refractivity contribution in [3.8, 4) is 5.75 Å². The van der Waals surface area contributed by atoms with Crippen LogP contribution in [0.15, 0.2) is 106 Å². The zero-order valence-electron chi connectivity index (χ0n) is 16.9. The molecule has 4 rings (SSSR count). The topological polar surface area (TPSA) is 109 Å². The van der Waals surface area contributed by atoms with Gasteiger partial charge >= 0.3 is 5.97 Å². The minimum Gasteiger partial charge on any atom is -0.480 e. The van der Waals surface area contributed by atoms with Gasteiger partial charge < -0.3 is 9.84 Å². The van der Waals surface area contributed by atoms with E-state index in [4.69, 9.17) is 9.84 Å². The van der Waals surface area contributed by atoms with Gasteiger partial charge in [-0.2, -0.15) is 5.10 Å². The number of anilines is 1. The first-order valence-corrected chi connectivity index (χ1v) is 9.79. The molecule has 0 aliphatic carbocycles. The number of rotatable bonds is 7. The number of amidine groups is 1. The molecule has 1 heterocycles. The highest BCUT2D eigenvalue weighted by molar-refractivity contribution is 6.00. The molecule has 0 amide bonds. The number of carboxylic acid groups (broad SMARTS) is 1. The van der Waals surface area contributed by atoms with Gasteiger partial charge in [-0.05, 0) is 24.3 Å². The molecule has 0 saturated carbocycles. The van der Waals surface area contributed by atoms with E-state index in [-0.39, 0.29) is 0 Å². The third-order valence-electron chi connectivity index (χ3n) is 4.42. The van der Waals surface area contributed by atoms with E-state index in [0.717, 1.165) is 16.5 Å². The fourth-order valence-electron chi connectivity index (χ4n) is 2.94. The maximum absolute atomic E-state index is 10.8. The second kappa shape index (κ2) is 9.94. The number of pyridine rings is 1. The number of nitrogens with zero attached hydrogens (tertiary/aromatic N) is 4. The Morgan fingerprint density at radius 3 is 2.56 bits per heavy atom. The van der Waals surface area contributed by atoms with Crippen LogP contribution in [0.5, 0.6) is 5.75 Å². The molecule has 8 heteroatoms. The summed E-state index contributed by atoms with van der Waals surface area (Å²) >= 11 is 0. The van der Waals surface area contributed by atoms with Crippen LogP contribution >= 0.6 is 0 Å². The van der Waals surface area contributed by atoms with Crippen molar-refractivity contribution in [3.63, 3.8) is 0 Å². The highest BCUT2D eigenvalue weighted by Gasteiger charge is 2.08. The lowest BCUT2D eigenvalue weighted by Gasteiger charge is -2.09. The van der Waals surface area contributed by atoms with E-state index in [1.165, 1.54) is 0 Å². The largest absolute Gasteiger partial charge is 0.480 e. The Kier molecular flexibility index (Phi) is 6.42. The van der Waals surface area contributed by atoms with Crippen LogP contribution in [0.25, 0.3) is 10.9 Å². The molecule has 3 aromatic carbocycles. The molecule has 4 aromatic rings. The Morgan fingerprint density at radius 1 is 0.938 bits per heavy atom. The van der Waals surface area contributed by atoms with E-state index in [9.17, 15) is 4.79 Å². The van der Waals surface area contributed by atoms with Crippen molar-refractivity contribution in [2.45, 2.75) is 0 Å². The van der Waals surface area contributed by atoms with Gasteiger partial charge in [0.25, 0.3) is 0 Å². The molecule has 0 fully saturated rings. The Balaban J connectivity index is 1.66. The lowest BCUT2D eigenvalue weighted by atomic mass is 10.2. The normalized spacial score (nSPS) is 11.6. The molecule has 0 unspecified atom stereocenters. The number of para-hydroxylation sites is 3. The number of hydrazone groups is 1. The van der Waals surface area contributed by atoms with Gasteiger partial charge in [-0.1, -0.05) is 60.7 Å². The van der Waals surface area contributed by atoms with E-state index in [1.54, 1.807) is 30.5 Å². The number of ether oxygens (including phenoxy) is 1. The predicted octanol–water partition coefficient (Wildman–Crippen LogP) is 5.26. The highest BCUT2D eigenvalue weighted by atomic mass is 16.5. The van der Waals surface area contributed by atoms with Crippen molar-refractivity contribution in [2.24, 2.45) is 15.3 Å². The van der Waals surface area contributed by atoms with Gasteiger partial charge in [0.2, 0.25) is 5.84 Å². The monoisotopic (exact) mass is 425 g/mol. The summed E-state index contributed by atoms with van der Waals surface area (Å²) in [6.07, 6.45) is 1.71. The first kappa shape index (κ1) is 20.7. The summed E-state index contributed by atoms with van der Waals surface area (Å²) in [7, 11) is 0. The van der Waals surface area contributed by atoms with Gasteiger partial charge in [0.15, 0.2) is 6.61 Å². The minimum absolute atomic E-state index is 0.339. The van der Waals surface area contributed by atoms with Gasteiger partial charge in [-0.15, -0.1) is 10.2 Å². The molecule has 0 saturated heterocycles. The number of aliphatic carboxylic acids is 1. The second-order valence-corrected chi connectivity index (χ2v) is 6.64. The number of benzene rings is 3. The third kappa shape index (κ3) is 5.11. The van der Waals surface area contributed by atoms with Gasteiger partial charge in [-0.3, -0.25) is 10.4 Å². The van der Waals surface area contributed by atoms with Crippen molar-refractivity contribution < 1.29 is 14.6 Å². The van der Waals surface area contributed by atoms with Crippen molar-refractivity contribution in [1.82, 2.24) is 4.98 Å². The number of carboxylic acids is 1. The van der Waals surface area contributed by atoms with Crippen LogP contribution in [0, 0.1) is 0 Å². The second-order valence-electron chi connectivity index (χ2n) is 6.64. The molecular weight excluding hydrogens is 406 g/mol. The summed E-state index contributed by atoms with van der Waals surface area (Å²) in [5, 5.41) is 23.0. The summed E-state index contributed by atoms with van der Waals surface area (Å²) in [6.45, 7) is -0.457. The van der Waals surface area contributed by atoms with Gasteiger partial charge in [0, 0.05) is 17.1 Å². The first-order chi connectivity index (χ1) is 15.7. The zero-order chi connectivity index (χ0) is 22.2. The first-order valence-electron chi connectivity index (χ1n) is 9.79. The number of hydrogen-bond donors (Lipinski definition) is 2.